The molecular weight excluding hydrogens is 226 g/mol. The van der Waals surface area contributed by atoms with Crippen LogP contribution in [0.3, 0.4) is 0 Å². The molecule has 2 aliphatic rings. The smallest absolute Gasteiger partial charge is 0.0409 e. The Balaban J connectivity index is 1.75. The Morgan fingerprint density at radius 2 is 2.13 bits per heavy atom. The summed E-state index contributed by atoms with van der Waals surface area (Å²) in [7, 11) is 0. The number of nitrogens with one attached hydrogen (secondary N) is 1. The normalized spacial score (nSPS) is 25.0. The van der Waals surface area contributed by atoms with Crippen molar-refractivity contribution in [1.29, 1.82) is 0 Å². The van der Waals surface area contributed by atoms with E-state index in [1.54, 1.807) is 0 Å². The SMILES string of the molecule is Clc1ccc2c(c1)CC(NC1CC1)CS2. The topological polar surface area (TPSA) is 12.0 Å². The lowest BCUT2D eigenvalue weighted by molar-refractivity contribution is 0.541. The molecule has 0 amide bonds. The molecule has 1 N–H and O–H groups in total. The largest absolute Gasteiger partial charge is 0.310 e. The predicted octanol–water partition coefficient (Wildman–Crippen LogP) is 3.11. The minimum absolute atomic E-state index is 0.647. The van der Waals surface area contributed by atoms with Gasteiger partial charge >= 0.3 is 0 Å². The number of hydrogen-bond acceptors (Lipinski definition) is 2. The molecule has 0 saturated heterocycles. The van der Waals surface area contributed by atoms with Gasteiger partial charge in [0.15, 0.2) is 0 Å². The molecule has 1 heterocycles. The zero-order valence-electron chi connectivity index (χ0n) is 8.50. The lowest BCUT2D eigenvalue weighted by atomic mass is 10.1. The van der Waals surface area contributed by atoms with Gasteiger partial charge in [-0.2, -0.15) is 0 Å². The fourth-order valence-corrected chi connectivity index (χ4v) is 3.33. The van der Waals surface area contributed by atoms with E-state index in [4.69, 9.17) is 11.6 Å². The molecule has 15 heavy (non-hydrogen) atoms. The Bertz CT molecular complexity index is 376. The highest BCUT2D eigenvalue weighted by molar-refractivity contribution is 7.99. The molecular formula is C12H14ClNS. The lowest BCUT2D eigenvalue weighted by Crippen LogP contribution is -2.36. The number of thioether (sulfide) groups is 1. The maximum absolute atomic E-state index is 6.01. The average molecular weight is 240 g/mol. The summed E-state index contributed by atoms with van der Waals surface area (Å²) in [5.74, 6) is 1.20. The zero-order chi connectivity index (χ0) is 10.3. The van der Waals surface area contributed by atoms with E-state index in [9.17, 15) is 0 Å². The first-order valence-corrected chi connectivity index (χ1v) is 6.85. The molecule has 1 fully saturated rings. The summed E-state index contributed by atoms with van der Waals surface area (Å²) in [6.45, 7) is 0. The summed E-state index contributed by atoms with van der Waals surface area (Å²) in [6.07, 6.45) is 3.87. The molecule has 1 aromatic carbocycles. The minimum atomic E-state index is 0.647. The molecule has 1 aromatic rings. The molecule has 1 nitrogen and oxygen atoms in total. The van der Waals surface area contributed by atoms with Crippen LogP contribution in [0.1, 0.15) is 18.4 Å². The Labute approximate surface area is 99.6 Å². The first-order valence-electron chi connectivity index (χ1n) is 5.48. The van der Waals surface area contributed by atoms with E-state index >= 15 is 0 Å². The lowest BCUT2D eigenvalue weighted by Gasteiger charge is -2.25. The number of benzene rings is 1. The Hall–Kier alpha value is -0.180. The highest BCUT2D eigenvalue weighted by Gasteiger charge is 2.27. The predicted molar refractivity (Wildman–Crippen MR) is 65.8 cm³/mol. The van der Waals surface area contributed by atoms with Crippen molar-refractivity contribution in [2.24, 2.45) is 0 Å². The minimum Gasteiger partial charge on any atom is -0.310 e. The molecule has 0 bridgehead atoms. The standard InChI is InChI=1S/C12H14ClNS/c13-9-1-4-12-8(5-9)6-11(7-15-12)14-10-2-3-10/h1,4-5,10-11,14H,2-3,6-7H2. The van der Waals surface area contributed by atoms with Crippen molar-refractivity contribution in [3.8, 4) is 0 Å². The van der Waals surface area contributed by atoms with E-state index in [-0.39, 0.29) is 0 Å². The van der Waals surface area contributed by atoms with Gasteiger partial charge in [-0.15, -0.1) is 11.8 Å². The molecule has 3 rings (SSSR count). The molecule has 1 saturated carbocycles. The Morgan fingerprint density at radius 1 is 1.27 bits per heavy atom. The van der Waals surface area contributed by atoms with Crippen LogP contribution in [-0.2, 0) is 6.42 Å². The maximum atomic E-state index is 6.01. The van der Waals surface area contributed by atoms with E-state index in [1.165, 1.54) is 29.1 Å². The third kappa shape index (κ3) is 2.32. The molecule has 1 atom stereocenters. The number of hydrogen-bond donors (Lipinski definition) is 1. The van der Waals surface area contributed by atoms with Crippen molar-refractivity contribution in [3.63, 3.8) is 0 Å². The van der Waals surface area contributed by atoms with Crippen molar-refractivity contribution in [2.75, 3.05) is 5.75 Å². The van der Waals surface area contributed by atoms with Crippen LogP contribution in [0.4, 0.5) is 0 Å². The van der Waals surface area contributed by atoms with Crippen molar-refractivity contribution in [3.05, 3.63) is 28.8 Å². The summed E-state index contributed by atoms with van der Waals surface area (Å²) < 4.78 is 0. The van der Waals surface area contributed by atoms with E-state index in [0.717, 1.165) is 17.5 Å². The van der Waals surface area contributed by atoms with Crippen LogP contribution in [0.25, 0.3) is 0 Å². The Kier molecular flexibility index (Phi) is 2.67. The van der Waals surface area contributed by atoms with Crippen LogP contribution in [0.15, 0.2) is 23.1 Å². The van der Waals surface area contributed by atoms with E-state index in [1.807, 2.05) is 17.8 Å². The fourth-order valence-electron chi connectivity index (χ4n) is 2.05. The van der Waals surface area contributed by atoms with Crippen LogP contribution in [0.2, 0.25) is 5.02 Å². The molecule has 3 heteroatoms. The summed E-state index contributed by atoms with van der Waals surface area (Å²) in [6, 6.07) is 7.70. The molecule has 1 aliphatic carbocycles. The molecule has 0 aromatic heterocycles. The Morgan fingerprint density at radius 3 is 2.93 bits per heavy atom. The number of halogens is 1. The summed E-state index contributed by atoms with van der Waals surface area (Å²) >= 11 is 7.97. The second-order valence-corrected chi connectivity index (χ2v) is 5.90. The molecule has 1 aliphatic heterocycles. The van der Waals surface area contributed by atoms with Gasteiger partial charge in [0.2, 0.25) is 0 Å². The van der Waals surface area contributed by atoms with Gasteiger partial charge in [-0.1, -0.05) is 11.6 Å². The second-order valence-electron chi connectivity index (χ2n) is 4.41. The van der Waals surface area contributed by atoms with Gasteiger partial charge in [0, 0.05) is 27.8 Å². The second kappa shape index (κ2) is 4.00. The summed E-state index contributed by atoms with van der Waals surface area (Å²) in [5, 5.41) is 4.55. The third-order valence-corrected chi connectivity index (χ3v) is 4.49. The van der Waals surface area contributed by atoms with Crippen molar-refractivity contribution >= 4 is 23.4 Å². The van der Waals surface area contributed by atoms with Gasteiger partial charge in [-0.3, -0.25) is 0 Å². The van der Waals surface area contributed by atoms with Gasteiger partial charge in [0.25, 0.3) is 0 Å². The van der Waals surface area contributed by atoms with Crippen molar-refractivity contribution in [1.82, 2.24) is 5.32 Å². The van der Waals surface area contributed by atoms with Gasteiger partial charge in [0.1, 0.15) is 0 Å². The van der Waals surface area contributed by atoms with Crippen LogP contribution < -0.4 is 5.32 Å². The molecule has 0 radical (unpaired) electrons. The average Bonchev–Trinajstić information content (AvgIpc) is 3.01. The first-order chi connectivity index (χ1) is 7.31. The number of fused-ring (bicyclic) bond motifs is 1. The molecule has 80 valence electrons. The van der Waals surface area contributed by atoms with Crippen LogP contribution in [-0.4, -0.2) is 17.8 Å². The molecule has 1 unspecified atom stereocenters. The highest BCUT2D eigenvalue weighted by atomic mass is 35.5. The first kappa shape index (κ1) is 10.0. The number of rotatable bonds is 2. The van der Waals surface area contributed by atoms with Gasteiger partial charge in [-0.05, 0) is 43.0 Å². The molecule has 0 spiro atoms. The van der Waals surface area contributed by atoms with Gasteiger partial charge in [-0.25, -0.2) is 0 Å². The van der Waals surface area contributed by atoms with Crippen LogP contribution in [0, 0.1) is 0 Å². The van der Waals surface area contributed by atoms with Crippen LogP contribution in [0.5, 0.6) is 0 Å². The third-order valence-electron chi connectivity index (χ3n) is 2.98. The highest BCUT2D eigenvalue weighted by Crippen LogP contribution is 2.33. The van der Waals surface area contributed by atoms with E-state index in [0.29, 0.717) is 6.04 Å². The maximum Gasteiger partial charge on any atom is 0.0409 e. The van der Waals surface area contributed by atoms with E-state index in [2.05, 4.69) is 17.4 Å². The fraction of sp³-hybridized carbons (Fsp3) is 0.500. The van der Waals surface area contributed by atoms with Crippen molar-refractivity contribution in [2.45, 2.75) is 36.2 Å². The van der Waals surface area contributed by atoms with Crippen LogP contribution >= 0.6 is 23.4 Å². The summed E-state index contributed by atoms with van der Waals surface area (Å²) in [5.41, 5.74) is 1.41. The summed E-state index contributed by atoms with van der Waals surface area (Å²) in [4.78, 5) is 1.41. The van der Waals surface area contributed by atoms with Crippen molar-refractivity contribution < 1.29 is 0 Å². The monoisotopic (exact) mass is 239 g/mol. The van der Waals surface area contributed by atoms with E-state index < -0.39 is 0 Å². The zero-order valence-corrected chi connectivity index (χ0v) is 10.1. The van der Waals surface area contributed by atoms with Gasteiger partial charge in [0.05, 0.1) is 0 Å². The van der Waals surface area contributed by atoms with Gasteiger partial charge < -0.3 is 5.32 Å². The quantitative estimate of drug-likeness (QED) is 0.851.